The summed E-state index contributed by atoms with van der Waals surface area (Å²) in [5, 5.41) is 11.9. The van der Waals surface area contributed by atoms with Crippen molar-refractivity contribution in [1.29, 1.82) is 0 Å². The van der Waals surface area contributed by atoms with Crippen LogP contribution in [-0.2, 0) is 15.0 Å². The van der Waals surface area contributed by atoms with Crippen LogP contribution >= 0.6 is 0 Å². The third-order valence-corrected chi connectivity index (χ3v) is 3.59. The number of carbonyl (C=O) groups is 2. The van der Waals surface area contributed by atoms with E-state index in [1.54, 1.807) is 58.9 Å². The Morgan fingerprint density at radius 1 is 1.10 bits per heavy atom. The Morgan fingerprint density at radius 2 is 1.57 bits per heavy atom. The molecule has 0 aliphatic rings. The van der Waals surface area contributed by atoms with E-state index in [9.17, 15) is 14.7 Å². The van der Waals surface area contributed by atoms with E-state index >= 15 is 0 Å². The Kier molecular flexibility index (Phi) is 4.66. The number of hydrogen-bond acceptors (Lipinski definition) is 3. The first-order valence-corrected chi connectivity index (χ1v) is 6.86. The molecule has 0 saturated heterocycles. The predicted molar refractivity (Wildman–Crippen MR) is 82.9 cm³/mol. The van der Waals surface area contributed by atoms with Crippen molar-refractivity contribution in [3.05, 3.63) is 29.8 Å². The zero-order chi connectivity index (χ0) is 16.4. The lowest BCUT2D eigenvalue weighted by Gasteiger charge is -2.32. The lowest BCUT2D eigenvalue weighted by molar-refractivity contribution is -0.145. The second-order valence-electron chi connectivity index (χ2n) is 6.86. The molecule has 0 aliphatic heterocycles. The van der Waals surface area contributed by atoms with Crippen molar-refractivity contribution < 1.29 is 14.7 Å². The largest absolute Gasteiger partial charge is 0.480 e. The fraction of sp³-hybridized carbons (Fsp3) is 0.500. The molecule has 0 aliphatic carbocycles. The summed E-state index contributed by atoms with van der Waals surface area (Å²) in [5.74, 6) is -1.36. The number of benzene rings is 1. The van der Waals surface area contributed by atoms with Gasteiger partial charge in [-0.15, -0.1) is 0 Å². The van der Waals surface area contributed by atoms with E-state index < -0.39 is 22.8 Å². The average Bonchev–Trinajstić information content (AvgIpc) is 2.34. The van der Waals surface area contributed by atoms with Gasteiger partial charge in [-0.1, -0.05) is 32.9 Å². The van der Waals surface area contributed by atoms with Gasteiger partial charge in [-0.3, -0.25) is 4.79 Å². The third-order valence-electron chi connectivity index (χ3n) is 3.59. The summed E-state index contributed by atoms with van der Waals surface area (Å²) in [7, 11) is 0. The van der Waals surface area contributed by atoms with E-state index in [0.717, 1.165) is 5.56 Å². The van der Waals surface area contributed by atoms with Crippen molar-refractivity contribution in [2.24, 2.45) is 5.41 Å². The molecule has 0 heterocycles. The van der Waals surface area contributed by atoms with Crippen molar-refractivity contribution in [2.75, 3.05) is 5.73 Å². The number of nitrogens with two attached hydrogens (primary N) is 1. The lowest BCUT2D eigenvalue weighted by atomic mass is 9.81. The van der Waals surface area contributed by atoms with E-state index in [4.69, 9.17) is 5.73 Å². The molecule has 0 aromatic heterocycles. The molecule has 1 aromatic carbocycles. The molecular weight excluding hydrogens is 268 g/mol. The molecule has 0 spiro atoms. The lowest BCUT2D eigenvalue weighted by Crippen LogP contribution is -2.53. The van der Waals surface area contributed by atoms with Crippen LogP contribution in [0.15, 0.2) is 24.3 Å². The molecule has 0 radical (unpaired) electrons. The first-order valence-electron chi connectivity index (χ1n) is 6.86. The zero-order valence-electron chi connectivity index (χ0n) is 13.2. The van der Waals surface area contributed by atoms with Crippen LogP contribution < -0.4 is 11.1 Å². The molecule has 21 heavy (non-hydrogen) atoms. The predicted octanol–water partition coefficient (Wildman–Crippen LogP) is 2.16. The van der Waals surface area contributed by atoms with Crippen LogP contribution in [0.4, 0.5) is 5.69 Å². The van der Waals surface area contributed by atoms with Gasteiger partial charge in [0.25, 0.3) is 0 Å². The van der Waals surface area contributed by atoms with E-state index in [2.05, 4.69) is 5.32 Å². The van der Waals surface area contributed by atoms with Gasteiger partial charge in [0, 0.05) is 5.69 Å². The minimum absolute atomic E-state index is 0.324. The number of amides is 1. The summed E-state index contributed by atoms with van der Waals surface area (Å²) in [6, 6.07) is 6.06. The summed E-state index contributed by atoms with van der Waals surface area (Å²) in [5.41, 5.74) is 5.64. The Labute approximate surface area is 125 Å². The van der Waals surface area contributed by atoms with Crippen LogP contribution in [0.2, 0.25) is 0 Å². The first kappa shape index (κ1) is 17.0. The van der Waals surface area contributed by atoms with Crippen molar-refractivity contribution >= 4 is 17.6 Å². The molecule has 1 rings (SSSR count). The van der Waals surface area contributed by atoms with Crippen LogP contribution in [0.1, 0.15) is 40.2 Å². The smallest absolute Gasteiger partial charge is 0.326 e. The number of carboxylic acids is 1. The fourth-order valence-electron chi connectivity index (χ4n) is 1.99. The maximum absolute atomic E-state index is 12.5. The Balaban J connectivity index is 3.00. The van der Waals surface area contributed by atoms with Gasteiger partial charge in [0.1, 0.15) is 6.04 Å². The number of nitrogens with one attached hydrogen (secondary N) is 1. The summed E-state index contributed by atoms with van der Waals surface area (Å²) >= 11 is 0. The van der Waals surface area contributed by atoms with Crippen LogP contribution in [-0.4, -0.2) is 23.0 Å². The number of anilines is 1. The number of carbonyl (C=O) groups excluding carboxylic acids is 1. The second-order valence-corrected chi connectivity index (χ2v) is 6.86. The molecule has 1 unspecified atom stereocenters. The van der Waals surface area contributed by atoms with Gasteiger partial charge < -0.3 is 16.2 Å². The quantitative estimate of drug-likeness (QED) is 0.741. The molecule has 1 aromatic rings. The fourth-order valence-corrected chi connectivity index (χ4v) is 1.99. The van der Waals surface area contributed by atoms with Crippen LogP contribution in [0, 0.1) is 5.41 Å². The van der Waals surface area contributed by atoms with Gasteiger partial charge in [0.05, 0.1) is 5.41 Å². The maximum atomic E-state index is 12.5. The Morgan fingerprint density at radius 3 is 1.95 bits per heavy atom. The van der Waals surface area contributed by atoms with E-state index in [-0.39, 0.29) is 5.91 Å². The maximum Gasteiger partial charge on any atom is 0.326 e. The SMILES string of the molecule is CC(C)(C(=O)NC(C(=O)O)C(C)(C)C)c1ccc(N)cc1. The molecule has 0 bridgehead atoms. The van der Waals surface area contributed by atoms with Gasteiger partial charge in [0.2, 0.25) is 5.91 Å². The van der Waals surface area contributed by atoms with Crippen molar-refractivity contribution in [1.82, 2.24) is 5.32 Å². The normalized spacial score (nSPS) is 13.6. The van der Waals surface area contributed by atoms with Crippen LogP contribution in [0.3, 0.4) is 0 Å². The Hall–Kier alpha value is -2.04. The second kappa shape index (κ2) is 5.76. The van der Waals surface area contributed by atoms with Gasteiger partial charge >= 0.3 is 5.97 Å². The Bertz CT molecular complexity index is 527. The van der Waals surface area contributed by atoms with Gasteiger partial charge in [-0.05, 0) is 37.0 Å². The molecular formula is C16H24N2O3. The monoisotopic (exact) mass is 292 g/mol. The first-order chi connectivity index (χ1) is 9.46. The molecule has 0 saturated carbocycles. The highest BCUT2D eigenvalue weighted by molar-refractivity contribution is 5.91. The summed E-state index contributed by atoms with van der Waals surface area (Å²) in [6.45, 7) is 8.86. The zero-order valence-corrected chi connectivity index (χ0v) is 13.2. The summed E-state index contributed by atoms with van der Waals surface area (Å²) in [6.07, 6.45) is 0. The molecule has 5 heteroatoms. The average molecular weight is 292 g/mol. The van der Waals surface area contributed by atoms with Crippen molar-refractivity contribution in [3.63, 3.8) is 0 Å². The van der Waals surface area contributed by atoms with Gasteiger partial charge in [-0.25, -0.2) is 4.79 Å². The van der Waals surface area contributed by atoms with Gasteiger partial charge in [0.15, 0.2) is 0 Å². The topological polar surface area (TPSA) is 92.4 Å². The summed E-state index contributed by atoms with van der Waals surface area (Å²) < 4.78 is 0. The van der Waals surface area contributed by atoms with E-state index in [1.807, 2.05) is 0 Å². The highest BCUT2D eigenvalue weighted by atomic mass is 16.4. The van der Waals surface area contributed by atoms with Gasteiger partial charge in [-0.2, -0.15) is 0 Å². The van der Waals surface area contributed by atoms with Crippen LogP contribution in [0.25, 0.3) is 0 Å². The number of rotatable bonds is 4. The minimum Gasteiger partial charge on any atom is -0.480 e. The summed E-state index contributed by atoms with van der Waals surface area (Å²) in [4.78, 5) is 23.9. The minimum atomic E-state index is -1.04. The molecule has 5 nitrogen and oxygen atoms in total. The molecule has 116 valence electrons. The number of nitrogen functional groups attached to an aromatic ring is 1. The van der Waals surface area contributed by atoms with E-state index in [0.29, 0.717) is 5.69 Å². The molecule has 4 N–H and O–H groups in total. The third kappa shape index (κ3) is 3.97. The molecule has 0 fully saturated rings. The number of hydrogen-bond donors (Lipinski definition) is 3. The molecule has 1 atom stereocenters. The number of aliphatic carboxylic acids is 1. The highest BCUT2D eigenvalue weighted by Crippen LogP contribution is 2.26. The number of carboxylic acid groups (broad SMARTS) is 1. The van der Waals surface area contributed by atoms with Crippen LogP contribution in [0.5, 0.6) is 0 Å². The standard InChI is InChI=1S/C16H24N2O3/c1-15(2,3)12(13(19)20)18-14(21)16(4,5)10-6-8-11(17)9-7-10/h6-9,12H,17H2,1-5H3,(H,18,21)(H,19,20). The van der Waals surface area contributed by atoms with Crippen molar-refractivity contribution in [2.45, 2.75) is 46.1 Å². The molecule has 1 amide bonds. The van der Waals surface area contributed by atoms with Crippen molar-refractivity contribution in [3.8, 4) is 0 Å². The highest BCUT2D eigenvalue weighted by Gasteiger charge is 2.37. The van der Waals surface area contributed by atoms with E-state index in [1.165, 1.54) is 0 Å².